The van der Waals surface area contributed by atoms with Gasteiger partial charge < -0.3 is 5.32 Å². The molecule has 0 aromatic heterocycles. The number of carbonyl (C=O) groups is 1. The molecule has 1 N–H and O–H groups in total. The van der Waals surface area contributed by atoms with Gasteiger partial charge in [0.05, 0.1) is 11.4 Å². The number of nitrogens with one attached hydrogen (secondary N) is 1. The maximum atomic E-state index is 12.6. The Morgan fingerprint density at radius 2 is 1.72 bits per heavy atom. The summed E-state index contributed by atoms with van der Waals surface area (Å²) in [6.07, 6.45) is 1.92. The molecule has 0 radical (unpaired) electrons. The van der Waals surface area contributed by atoms with Crippen LogP contribution in [0.1, 0.15) is 11.1 Å². The van der Waals surface area contributed by atoms with Gasteiger partial charge in [-0.3, -0.25) is 4.79 Å². The molecular weight excluding hydrogens is 356 g/mol. The molecule has 0 aliphatic heterocycles. The fraction of sp³-hybridized carbons (Fsp3) is 0.278. The maximum Gasteiger partial charge on any atom is 0.243 e. The molecule has 0 saturated carbocycles. The van der Waals surface area contributed by atoms with Crippen LogP contribution in [0.25, 0.3) is 0 Å². The number of nitrogens with zero attached hydrogens (tertiary/aromatic N) is 1. The van der Waals surface area contributed by atoms with Crippen LogP contribution in [0.15, 0.2) is 52.3 Å². The smallest absolute Gasteiger partial charge is 0.243 e. The number of anilines is 1. The van der Waals surface area contributed by atoms with Gasteiger partial charge in [0.2, 0.25) is 15.9 Å². The van der Waals surface area contributed by atoms with E-state index in [4.69, 9.17) is 0 Å². The van der Waals surface area contributed by atoms with Crippen molar-refractivity contribution in [3.8, 4) is 0 Å². The summed E-state index contributed by atoms with van der Waals surface area (Å²) in [6.45, 7) is 3.70. The van der Waals surface area contributed by atoms with Gasteiger partial charge >= 0.3 is 0 Å². The van der Waals surface area contributed by atoms with Crippen LogP contribution in [0.5, 0.6) is 0 Å². The fourth-order valence-corrected chi connectivity index (χ4v) is 3.77. The zero-order valence-corrected chi connectivity index (χ0v) is 16.4. The number of aryl methyl sites for hydroxylation is 2. The first-order chi connectivity index (χ1) is 11.7. The topological polar surface area (TPSA) is 66.5 Å². The van der Waals surface area contributed by atoms with Gasteiger partial charge in [0, 0.05) is 17.6 Å². The lowest BCUT2D eigenvalue weighted by atomic mass is 10.1. The van der Waals surface area contributed by atoms with Crippen LogP contribution in [-0.4, -0.2) is 38.5 Å². The summed E-state index contributed by atoms with van der Waals surface area (Å²) in [6, 6.07) is 12.2. The molecule has 0 aliphatic carbocycles. The van der Waals surface area contributed by atoms with Gasteiger partial charge in [-0.2, -0.15) is 4.31 Å². The molecule has 2 aromatic rings. The quantitative estimate of drug-likeness (QED) is 0.784. The predicted molar refractivity (Wildman–Crippen MR) is 103 cm³/mol. The summed E-state index contributed by atoms with van der Waals surface area (Å²) in [4.78, 5) is 13.3. The molecule has 134 valence electrons. The Balaban J connectivity index is 2.07. The van der Waals surface area contributed by atoms with Gasteiger partial charge in [0.15, 0.2) is 0 Å². The molecule has 7 heteroatoms. The number of hydrogen-bond donors (Lipinski definition) is 1. The number of thioether (sulfide) groups is 1. The van der Waals surface area contributed by atoms with Crippen LogP contribution in [0.2, 0.25) is 0 Å². The van der Waals surface area contributed by atoms with Crippen LogP contribution < -0.4 is 5.32 Å². The number of carbonyl (C=O) groups excluding carboxylic acids is 1. The Kier molecular flexibility index (Phi) is 6.26. The Bertz CT molecular complexity index is 862. The third kappa shape index (κ3) is 4.84. The van der Waals surface area contributed by atoms with Gasteiger partial charge in [-0.05, 0) is 67.6 Å². The Hall–Kier alpha value is -1.83. The Morgan fingerprint density at radius 1 is 1.08 bits per heavy atom. The van der Waals surface area contributed by atoms with E-state index in [9.17, 15) is 13.2 Å². The monoisotopic (exact) mass is 378 g/mol. The van der Waals surface area contributed by atoms with Crippen molar-refractivity contribution in [2.24, 2.45) is 0 Å². The molecule has 0 heterocycles. The third-order valence-corrected chi connectivity index (χ3v) is 6.49. The number of likely N-dealkylation sites (N-methyl/N-ethyl adjacent to an activating group) is 1. The second-order valence-electron chi connectivity index (χ2n) is 5.78. The molecule has 0 atom stereocenters. The standard InChI is InChI=1S/C18H22N2O3S2/c1-13-5-6-15(11-14(13)2)19-18(21)12-20(3)25(22,23)17-9-7-16(24-4)8-10-17/h5-11H,12H2,1-4H3,(H,19,21). The normalized spacial score (nSPS) is 11.6. The molecule has 0 saturated heterocycles. The molecule has 0 bridgehead atoms. The number of hydrogen-bond acceptors (Lipinski definition) is 4. The summed E-state index contributed by atoms with van der Waals surface area (Å²) in [7, 11) is -2.30. The SMILES string of the molecule is CSc1ccc(S(=O)(=O)N(C)CC(=O)Nc2ccc(C)c(C)c2)cc1. The molecule has 2 rings (SSSR count). The number of amides is 1. The highest BCUT2D eigenvalue weighted by molar-refractivity contribution is 7.98. The lowest BCUT2D eigenvalue weighted by Gasteiger charge is -2.17. The molecule has 0 fully saturated rings. The summed E-state index contributed by atoms with van der Waals surface area (Å²) in [5.74, 6) is -0.380. The minimum Gasteiger partial charge on any atom is -0.325 e. The highest BCUT2D eigenvalue weighted by atomic mass is 32.2. The first-order valence-corrected chi connectivity index (χ1v) is 10.4. The zero-order valence-electron chi connectivity index (χ0n) is 14.7. The van der Waals surface area contributed by atoms with E-state index in [1.165, 1.54) is 18.8 Å². The van der Waals surface area contributed by atoms with E-state index >= 15 is 0 Å². The number of benzene rings is 2. The molecule has 5 nitrogen and oxygen atoms in total. The molecule has 0 unspecified atom stereocenters. The Morgan fingerprint density at radius 3 is 2.28 bits per heavy atom. The Labute approximate surface area is 153 Å². The van der Waals surface area contributed by atoms with Crippen molar-refractivity contribution in [3.05, 3.63) is 53.6 Å². The van der Waals surface area contributed by atoms with Crippen molar-refractivity contribution in [3.63, 3.8) is 0 Å². The summed E-state index contributed by atoms with van der Waals surface area (Å²) < 4.78 is 26.2. The maximum absolute atomic E-state index is 12.6. The van der Waals surface area contributed by atoms with Crippen LogP contribution in [0.3, 0.4) is 0 Å². The average Bonchev–Trinajstić information content (AvgIpc) is 2.58. The highest BCUT2D eigenvalue weighted by Crippen LogP contribution is 2.20. The zero-order chi connectivity index (χ0) is 18.6. The first-order valence-electron chi connectivity index (χ1n) is 7.71. The molecule has 2 aromatic carbocycles. The lowest BCUT2D eigenvalue weighted by molar-refractivity contribution is -0.116. The lowest BCUT2D eigenvalue weighted by Crippen LogP contribution is -2.34. The van der Waals surface area contributed by atoms with Crippen LogP contribution in [0.4, 0.5) is 5.69 Å². The van der Waals surface area contributed by atoms with E-state index in [0.717, 1.165) is 20.3 Å². The molecule has 0 aliphatic rings. The van der Waals surface area contributed by atoms with Crippen molar-refractivity contribution in [1.29, 1.82) is 0 Å². The van der Waals surface area contributed by atoms with Gasteiger partial charge in [0.1, 0.15) is 0 Å². The van der Waals surface area contributed by atoms with Gasteiger partial charge in [-0.1, -0.05) is 6.07 Å². The van der Waals surface area contributed by atoms with E-state index in [1.54, 1.807) is 30.3 Å². The van der Waals surface area contributed by atoms with E-state index in [1.807, 2.05) is 32.2 Å². The van der Waals surface area contributed by atoms with Crippen LogP contribution in [0, 0.1) is 13.8 Å². The molecule has 25 heavy (non-hydrogen) atoms. The van der Waals surface area contributed by atoms with E-state index < -0.39 is 10.0 Å². The van der Waals surface area contributed by atoms with Crippen molar-refractivity contribution in [1.82, 2.24) is 4.31 Å². The fourth-order valence-electron chi connectivity index (χ4n) is 2.23. The summed E-state index contributed by atoms with van der Waals surface area (Å²) >= 11 is 1.54. The highest BCUT2D eigenvalue weighted by Gasteiger charge is 2.23. The summed E-state index contributed by atoms with van der Waals surface area (Å²) in [5.41, 5.74) is 2.85. The number of rotatable bonds is 6. The second kappa shape index (κ2) is 8.03. The van der Waals surface area contributed by atoms with Crippen molar-refractivity contribution in [2.45, 2.75) is 23.6 Å². The van der Waals surface area contributed by atoms with Crippen molar-refractivity contribution >= 4 is 33.4 Å². The summed E-state index contributed by atoms with van der Waals surface area (Å²) in [5, 5.41) is 2.73. The van der Waals surface area contributed by atoms with Crippen molar-refractivity contribution < 1.29 is 13.2 Å². The van der Waals surface area contributed by atoms with Crippen LogP contribution >= 0.6 is 11.8 Å². The second-order valence-corrected chi connectivity index (χ2v) is 8.71. The predicted octanol–water partition coefficient (Wildman–Crippen LogP) is 3.28. The van der Waals surface area contributed by atoms with Crippen LogP contribution in [-0.2, 0) is 14.8 Å². The molecule has 1 amide bonds. The van der Waals surface area contributed by atoms with E-state index in [2.05, 4.69) is 5.32 Å². The average molecular weight is 379 g/mol. The van der Waals surface area contributed by atoms with Gasteiger partial charge in [-0.25, -0.2) is 8.42 Å². The first kappa shape index (κ1) is 19.5. The van der Waals surface area contributed by atoms with E-state index in [-0.39, 0.29) is 17.3 Å². The van der Waals surface area contributed by atoms with Gasteiger partial charge in [0.25, 0.3) is 0 Å². The minimum absolute atomic E-state index is 0.173. The number of sulfonamides is 1. The van der Waals surface area contributed by atoms with Gasteiger partial charge in [-0.15, -0.1) is 11.8 Å². The minimum atomic E-state index is -3.70. The molecule has 0 spiro atoms. The molecular formula is C18H22N2O3S2. The third-order valence-electron chi connectivity index (χ3n) is 3.92. The largest absolute Gasteiger partial charge is 0.325 e. The van der Waals surface area contributed by atoms with E-state index in [0.29, 0.717) is 5.69 Å². The van der Waals surface area contributed by atoms with Crippen molar-refractivity contribution in [2.75, 3.05) is 25.2 Å².